The van der Waals surface area contributed by atoms with E-state index in [-0.39, 0.29) is 11.9 Å². The number of nitrogens with two attached hydrogens (primary N) is 1. The summed E-state index contributed by atoms with van der Waals surface area (Å²) in [6.45, 7) is 1.76. The van der Waals surface area contributed by atoms with Gasteiger partial charge in [0.1, 0.15) is 16.1 Å². The number of rotatable bonds is 6. The summed E-state index contributed by atoms with van der Waals surface area (Å²) in [7, 11) is 1.04. The zero-order valence-electron chi connectivity index (χ0n) is 15.1. The number of methoxy groups -OCH3 is 1. The fourth-order valence-corrected chi connectivity index (χ4v) is 3.35. The van der Waals surface area contributed by atoms with Crippen molar-refractivity contribution >= 4 is 40.7 Å². The van der Waals surface area contributed by atoms with Crippen LogP contribution in [0.15, 0.2) is 17.6 Å². The van der Waals surface area contributed by atoms with E-state index in [4.69, 9.17) is 5.73 Å². The first-order valence-electron chi connectivity index (χ1n) is 8.15. The number of fused-ring (bicyclic) bond motifs is 1. The van der Waals surface area contributed by atoms with Gasteiger partial charge in [-0.05, 0) is 6.42 Å². The minimum absolute atomic E-state index is 0.00169. The molecule has 1 amide bonds. The number of carbonyl (C=O) groups excluding carboxylic acids is 1. The maximum Gasteiger partial charge on any atom is 0.423 e. The lowest BCUT2D eigenvalue weighted by molar-refractivity contribution is -0.139. The van der Waals surface area contributed by atoms with Crippen LogP contribution < -0.4 is 15.8 Å². The van der Waals surface area contributed by atoms with E-state index >= 15 is 0 Å². The highest BCUT2D eigenvalue weighted by Crippen LogP contribution is 2.35. The SMILES string of the molecule is CC[C@H](Sc1nc(N)nc2nc[nH]c12)C(=O)Nc1ncc(C(F)(F)F)c(OC)n1. The van der Waals surface area contributed by atoms with Crippen LogP contribution in [0.25, 0.3) is 11.2 Å². The molecule has 0 fully saturated rings. The number of hydrogen-bond acceptors (Lipinski definition) is 9. The van der Waals surface area contributed by atoms with E-state index in [0.29, 0.717) is 28.8 Å². The van der Waals surface area contributed by atoms with Crippen molar-refractivity contribution < 1.29 is 22.7 Å². The number of amides is 1. The third kappa shape index (κ3) is 4.47. The lowest BCUT2D eigenvalue weighted by Crippen LogP contribution is -2.26. The van der Waals surface area contributed by atoms with Crippen molar-refractivity contribution in [2.75, 3.05) is 18.2 Å². The fraction of sp³-hybridized carbons (Fsp3) is 0.333. The Labute approximate surface area is 165 Å². The summed E-state index contributed by atoms with van der Waals surface area (Å²) in [6, 6.07) is 0. The number of hydrogen-bond donors (Lipinski definition) is 3. The second-order valence-corrected chi connectivity index (χ2v) is 6.80. The van der Waals surface area contributed by atoms with Crippen molar-refractivity contribution in [1.29, 1.82) is 0 Å². The Kier molecular flexibility index (Phi) is 5.72. The van der Waals surface area contributed by atoms with Gasteiger partial charge in [-0.15, -0.1) is 0 Å². The molecule has 0 saturated carbocycles. The van der Waals surface area contributed by atoms with Gasteiger partial charge in [-0.1, -0.05) is 18.7 Å². The highest BCUT2D eigenvalue weighted by atomic mass is 32.2. The number of nitrogens with one attached hydrogen (secondary N) is 2. The number of halogens is 3. The molecule has 0 aliphatic carbocycles. The first-order valence-corrected chi connectivity index (χ1v) is 9.03. The fourth-order valence-electron chi connectivity index (χ4n) is 2.33. The summed E-state index contributed by atoms with van der Waals surface area (Å²) in [5.74, 6) is -1.53. The molecule has 3 aromatic heterocycles. The van der Waals surface area contributed by atoms with Crippen LogP contribution in [0.1, 0.15) is 18.9 Å². The van der Waals surface area contributed by atoms with Gasteiger partial charge in [-0.25, -0.2) is 15.0 Å². The largest absolute Gasteiger partial charge is 0.480 e. The zero-order valence-corrected chi connectivity index (χ0v) is 15.9. The molecular weight excluding hydrogens is 413 g/mol. The van der Waals surface area contributed by atoms with Crippen LogP contribution in [-0.2, 0) is 11.0 Å². The first kappa shape index (κ1) is 20.6. The molecule has 29 heavy (non-hydrogen) atoms. The van der Waals surface area contributed by atoms with Gasteiger partial charge in [0.15, 0.2) is 5.65 Å². The number of aromatic amines is 1. The Balaban J connectivity index is 1.80. The summed E-state index contributed by atoms with van der Waals surface area (Å²) in [5, 5.41) is 2.15. The number of thioether (sulfide) groups is 1. The molecule has 3 heterocycles. The number of imidazole rings is 1. The standard InChI is InChI=1S/C15H15F3N8O2S/c1-3-7(29-12-8-9(22-5-21-8)23-13(19)26-12)10(27)24-14-20-4-6(15(16,17)18)11(25-14)28-2/h4-5,7H,3H2,1-2H3,(H,20,24,25,27)(H3,19,21,22,23,26)/t7-/m0/s1. The number of H-pyrrole nitrogens is 1. The minimum atomic E-state index is -4.68. The van der Waals surface area contributed by atoms with Crippen LogP contribution in [0.5, 0.6) is 5.88 Å². The first-order chi connectivity index (χ1) is 13.7. The number of nitrogens with zero attached hydrogens (tertiary/aromatic N) is 5. The molecule has 3 rings (SSSR count). The number of nitrogen functional groups attached to an aromatic ring is 1. The topological polar surface area (TPSA) is 145 Å². The predicted molar refractivity (Wildman–Crippen MR) is 98.2 cm³/mol. The van der Waals surface area contributed by atoms with Crippen molar-refractivity contribution in [2.24, 2.45) is 0 Å². The number of alkyl halides is 3. The van der Waals surface area contributed by atoms with Crippen LogP contribution in [0.4, 0.5) is 25.1 Å². The lowest BCUT2D eigenvalue weighted by atomic mass is 10.3. The Bertz CT molecular complexity index is 1040. The summed E-state index contributed by atoms with van der Waals surface area (Å²) < 4.78 is 43.4. The molecule has 0 aromatic carbocycles. The van der Waals surface area contributed by atoms with E-state index < -0.39 is 28.8 Å². The molecule has 0 bridgehead atoms. The Morgan fingerprint density at radius 2 is 2.10 bits per heavy atom. The zero-order chi connectivity index (χ0) is 21.2. The van der Waals surface area contributed by atoms with E-state index in [0.717, 1.165) is 18.9 Å². The van der Waals surface area contributed by atoms with E-state index in [1.807, 2.05) is 0 Å². The molecule has 0 radical (unpaired) electrons. The maximum absolute atomic E-state index is 12.9. The number of anilines is 2. The summed E-state index contributed by atoms with van der Waals surface area (Å²) in [4.78, 5) is 34.8. The van der Waals surface area contributed by atoms with Gasteiger partial charge in [0, 0.05) is 6.20 Å². The molecular formula is C15H15F3N8O2S. The second kappa shape index (κ2) is 8.06. The lowest BCUT2D eigenvalue weighted by Gasteiger charge is -2.15. The van der Waals surface area contributed by atoms with E-state index in [1.54, 1.807) is 6.92 Å². The third-order valence-corrected chi connectivity index (χ3v) is 5.02. The molecule has 0 aliphatic rings. The third-order valence-electron chi connectivity index (χ3n) is 3.67. The Hall–Kier alpha value is -3.16. The van der Waals surface area contributed by atoms with Crippen molar-refractivity contribution in [1.82, 2.24) is 29.9 Å². The molecule has 0 unspecified atom stereocenters. The molecule has 0 aliphatic heterocycles. The normalized spacial score (nSPS) is 12.7. The van der Waals surface area contributed by atoms with E-state index in [9.17, 15) is 18.0 Å². The summed E-state index contributed by atoms with van der Waals surface area (Å²) in [5.41, 5.74) is 5.39. The van der Waals surface area contributed by atoms with Gasteiger partial charge in [0.25, 0.3) is 0 Å². The van der Waals surface area contributed by atoms with Gasteiger partial charge >= 0.3 is 6.18 Å². The highest BCUT2D eigenvalue weighted by Gasteiger charge is 2.36. The van der Waals surface area contributed by atoms with Gasteiger partial charge in [-0.3, -0.25) is 10.1 Å². The van der Waals surface area contributed by atoms with Crippen LogP contribution >= 0.6 is 11.8 Å². The molecule has 4 N–H and O–H groups in total. The van der Waals surface area contributed by atoms with Gasteiger partial charge in [-0.2, -0.15) is 23.1 Å². The van der Waals surface area contributed by atoms with Crippen LogP contribution in [-0.4, -0.2) is 48.2 Å². The minimum Gasteiger partial charge on any atom is -0.480 e. The average Bonchev–Trinajstić information content (AvgIpc) is 3.13. The second-order valence-electron chi connectivity index (χ2n) is 5.61. The highest BCUT2D eigenvalue weighted by molar-refractivity contribution is 8.00. The Morgan fingerprint density at radius 1 is 1.34 bits per heavy atom. The summed E-state index contributed by atoms with van der Waals surface area (Å²) in [6.07, 6.45) is -2.33. The van der Waals surface area contributed by atoms with Crippen LogP contribution in [0, 0.1) is 0 Å². The smallest absolute Gasteiger partial charge is 0.423 e. The number of ether oxygens (including phenoxy) is 1. The molecule has 0 saturated heterocycles. The molecule has 1 atom stereocenters. The molecule has 154 valence electrons. The summed E-state index contributed by atoms with van der Waals surface area (Å²) >= 11 is 1.10. The van der Waals surface area contributed by atoms with Crippen molar-refractivity contribution in [3.63, 3.8) is 0 Å². The quantitative estimate of drug-likeness (QED) is 0.398. The van der Waals surface area contributed by atoms with E-state index in [2.05, 4.69) is 40.0 Å². The maximum atomic E-state index is 12.9. The van der Waals surface area contributed by atoms with Gasteiger partial charge in [0.05, 0.1) is 18.7 Å². The molecule has 3 aromatic rings. The van der Waals surface area contributed by atoms with E-state index in [1.165, 1.54) is 6.33 Å². The Morgan fingerprint density at radius 3 is 2.76 bits per heavy atom. The molecule has 0 spiro atoms. The molecule has 14 heteroatoms. The van der Waals surface area contributed by atoms with Crippen LogP contribution in [0.2, 0.25) is 0 Å². The van der Waals surface area contributed by atoms with Crippen molar-refractivity contribution in [3.05, 3.63) is 18.1 Å². The van der Waals surface area contributed by atoms with Gasteiger partial charge in [0.2, 0.25) is 23.7 Å². The molecule has 10 nitrogen and oxygen atoms in total. The van der Waals surface area contributed by atoms with Gasteiger partial charge < -0.3 is 15.5 Å². The monoisotopic (exact) mass is 428 g/mol. The van der Waals surface area contributed by atoms with Crippen LogP contribution in [0.3, 0.4) is 0 Å². The predicted octanol–water partition coefficient (Wildman–Crippen LogP) is 2.26. The number of aromatic nitrogens is 6. The average molecular weight is 428 g/mol. The van der Waals surface area contributed by atoms with Crippen molar-refractivity contribution in [2.45, 2.75) is 29.8 Å². The number of carbonyl (C=O) groups is 1. The van der Waals surface area contributed by atoms with Crippen molar-refractivity contribution in [3.8, 4) is 5.88 Å².